The van der Waals surface area contributed by atoms with Crippen LogP contribution < -0.4 is 10.0 Å². The number of hydrogen-bond acceptors (Lipinski definition) is 6. The number of nitrogens with one attached hydrogen (secondary N) is 2. The van der Waals surface area contributed by atoms with Gasteiger partial charge in [0, 0.05) is 35.8 Å². The fraction of sp³-hybridized carbons (Fsp3) is 0.320. The van der Waals surface area contributed by atoms with E-state index in [1.165, 1.54) is 10.9 Å². The minimum atomic E-state index is -3.85. The normalized spacial score (nSPS) is 15.6. The van der Waals surface area contributed by atoms with Gasteiger partial charge in [-0.3, -0.25) is 14.4 Å². The molecule has 34 heavy (non-hydrogen) atoms. The Morgan fingerprint density at radius 2 is 1.88 bits per heavy atom. The number of nitrogens with zero attached hydrogens (tertiary/aromatic N) is 1. The maximum atomic E-state index is 13.1. The van der Waals surface area contributed by atoms with Crippen molar-refractivity contribution in [2.75, 3.05) is 37.6 Å². The van der Waals surface area contributed by atoms with Crippen LogP contribution in [0.1, 0.15) is 32.4 Å². The zero-order valence-corrected chi connectivity index (χ0v) is 20.9. The van der Waals surface area contributed by atoms with Crippen molar-refractivity contribution < 1.29 is 17.9 Å². The van der Waals surface area contributed by atoms with Crippen molar-refractivity contribution in [3.63, 3.8) is 0 Å². The van der Waals surface area contributed by atoms with Gasteiger partial charge in [0.25, 0.3) is 15.9 Å². The summed E-state index contributed by atoms with van der Waals surface area (Å²) in [5.41, 5.74) is 2.31. The third-order valence-electron chi connectivity index (χ3n) is 5.82. The van der Waals surface area contributed by atoms with Gasteiger partial charge in [0.2, 0.25) is 0 Å². The Balaban J connectivity index is 1.50. The molecule has 1 aliphatic heterocycles. The molecule has 1 atom stereocenters. The van der Waals surface area contributed by atoms with Crippen LogP contribution in [0.25, 0.3) is 0 Å². The van der Waals surface area contributed by atoms with Crippen LogP contribution in [0.2, 0.25) is 0 Å². The molecule has 4 rings (SSSR count). The topological polar surface area (TPSA) is 87.7 Å². The highest BCUT2D eigenvalue weighted by molar-refractivity contribution is 7.92. The van der Waals surface area contributed by atoms with E-state index in [1.54, 1.807) is 48.6 Å². The summed E-state index contributed by atoms with van der Waals surface area (Å²) in [4.78, 5) is 16.6. The average Bonchev–Trinajstić information content (AvgIpc) is 3.34. The lowest BCUT2D eigenvalue weighted by atomic mass is 10.1. The molecule has 0 saturated carbocycles. The van der Waals surface area contributed by atoms with Gasteiger partial charge in [0.05, 0.1) is 24.2 Å². The first kappa shape index (κ1) is 24.4. The van der Waals surface area contributed by atoms with Crippen molar-refractivity contribution in [1.29, 1.82) is 0 Å². The summed E-state index contributed by atoms with van der Waals surface area (Å²) < 4.78 is 34.2. The molecule has 2 aromatic carbocycles. The number of thiophene rings is 1. The minimum Gasteiger partial charge on any atom is -0.379 e. The Kier molecular flexibility index (Phi) is 7.67. The molecule has 1 amide bonds. The smallest absolute Gasteiger partial charge is 0.262 e. The van der Waals surface area contributed by atoms with Crippen molar-refractivity contribution >= 4 is 33.0 Å². The SMILES string of the molecule is Cc1cccc(NS(=O)(=O)c2cc(C(=O)NC[C@H](c3cccs3)N3CCOCC3)ccc2C)c1. The van der Waals surface area contributed by atoms with Crippen LogP contribution in [0, 0.1) is 13.8 Å². The summed E-state index contributed by atoms with van der Waals surface area (Å²) in [5.74, 6) is -0.304. The first-order valence-corrected chi connectivity index (χ1v) is 13.5. The molecule has 0 aliphatic carbocycles. The Bertz CT molecular complexity index is 1240. The average molecular weight is 500 g/mol. The maximum absolute atomic E-state index is 13.1. The fourth-order valence-corrected chi connectivity index (χ4v) is 6.20. The van der Waals surface area contributed by atoms with E-state index in [0.29, 0.717) is 36.6 Å². The Labute approximate surface area is 204 Å². The number of anilines is 1. The van der Waals surface area contributed by atoms with Crippen molar-refractivity contribution in [1.82, 2.24) is 10.2 Å². The van der Waals surface area contributed by atoms with Gasteiger partial charge >= 0.3 is 0 Å². The summed E-state index contributed by atoms with van der Waals surface area (Å²) in [6, 6.07) is 16.0. The summed E-state index contributed by atoms with van der Waals surface area (Å²) >= 11 is 1.66. The van der Waals surface area contributed by atoms with Crippen LogP contribution in [0.5, 0.6) is 0 Å². The molecule has 0 radical (unpaired) electrons. The van der Waals surface area contributed by atoms with Crippen LogP contribution in [0.15, 0.2) is 64.9 Å². The predicted octanol–water partition coefficient (Wildman–Crippen LogP) is 3.97. The summed E-state index contributed by atoms with van der Waals surface area (Å²) in [6.07, 6.45) is 0. The van der Waals surface area contributed by atoms with Gasteiger partial charge in [0.15, 0.2) is 0 Å². The largest absolute Gasteiger partial charge is 0.379 e. The van der Waals surface area contributed by atoms with E-state index in [-0.39, 0.29) is 16.8 Å². The van der Waals surface area contributed by atoms with Gasteiger partial charge in [0.1, 0.15) is 0 Å². The number of aryl methyl sites for hydroxylation is 2. The van der Waals surface area contributed by atoms with Crippen molar-refractivity contribution in [3.8, 4) is 0 Å². The third kappa shape index (κ3) is 5.85. The Morgan fingerprint density at radius 3 is 2.59 bits per heavy atom. The number of hydrogen-bond donors (Lipinski definition) is 2. The highest BCUT2D eigenvalue weighted by Crippen LogP contribution is 2.26. The molecule has 180 valence electrons. The van der Waals surface area contributed by atoms with Gasteiger partial charge in [-0.05, 0) is 60.7 Å². The molecule has 0 bridgehead atoms. The molecular weight excluding hydrogens is 470 g/mol. The number of morpholine rings is 1. The van der Waals surface area contributed by atoms with Crippen LogP contribution >= 0.6 is 11.3 Å². The number of amides is 1. The van der Waals surface area contributed by atoms with Gasteiger partial charge < -0.3 is 10.1 Å². The lowest BCUT2D eigenvalue weighted by Crippen LogP contribution is -2.43. The number of rotatable bonds is 8. The van der Waals surface area contributed by atoms with Crippen molar-refractivity contribution in [3.05, 3.63) is 81.5 Å². The monoisotopic (exact) mass is 499 g/mol. The molecule has 2 heterocycles. The highest BCUT2D eigenvalue weighted by Gasteiger charge is 2.25. The second-order valence-corrected chi connectivity index (χ2v) is 11.0. The molecule has 2 N–H and O–H groups in total. The highest BCUT2D eigenvalue weighted by atomic mass is 32.2. The molecule has 0 spiro atoms. The number of ether oxygens (including phenoxy) is 1. The molecule has 1 aromatic heterocycles. The van der Waals surface area contributed by atoms with Crippen LogP contribution in [0.3, 0.4) is 0 Å². The standard InChI is InChI=1S/C25H29N3O4S2/c1-18-5-3-6-21(15-18)27-34(30,31)24-16-20(9-8-19(24)2)25(29)26-17-22(23-7-4-14-33-23)28-10-12-32-13-11-28/h3-9,14-16,22,27H,10-13,17H2,1-2H3,(H,26,29)/t22-/m1/s1. The first-order chi connectivity index (χ1) is 16.3. The van der Waals surface area contributed by atoms with Crippen molar-refractivity contribution in [2.24, 2.45) is 0 Å². The summed E-state index contributed by atoms with van der Waals surface area (Å²) in [6.45, 7) is 6.99. The number of carbonyl (C=O) groups is 1. The van der Waals surface area contributed by atoms with E-state index in [1.807, 2.05) is 24.4 Å². The van der Waals surface area contributed by atoms with Gasteiger partial charge in [-0.2, -0.15) is 0 Å². The minimum absolute atomic E-state index is 0.0458. The Morgan fingerprint density at radius 1 is 1.09 bits per heavy atom. The molecule has 1 fully saturated rings. The van der Waals surface area contributed by atoms with Gasteiger partial charge in [-0.15, -0.1) is 11.3 Å². The molecular formula is C25H29N3O4S2. The maximum Gasteiger partial charge on any atom is 0.262 e. The van der Waals surface area contributed by atoms with E-state index in [4.69, 9.17) is 4.74 Å². The van der Waals surface area contributed by atoms with E-state index >= 15 is 0 Å². The van der Waals surface area contributed by atoms with Crippen LogP contribution in [-0.2, 0) is 14.8 Å². The molecule has 0 unspecified atom stereocenters. The van der Waals surface area contributed by atoms with Gasteiger partial charge in [-0.25, -0.2) is 8.42 Å². The zero-order valence-electron chi connectivity index (χ0n) is 19.3. The third-order valence-corrected chi connectivity index (χ3v) is 8.32. The fourth-order valence-electron chi connectivity index (χ4n) is 4.02. The van der Waals surface area contributed by atoms with Crippen molar-refractivity contribution in [2.45, 2.75) is 24.8 Å². The lowest BCUT2D eigenvalue weighted by Gasteiger charge is -2.34. The lowest BCUT2D eigenvalue weighted by molar-refractivity contribution is 0.0169. The summed E-state index contributed by atoms with van der Waals surface area (Å²) in [5, 5.41) is 5.04. The first-order valence-electron chi connectivity index (χ1n) is 11.2. The second-order valence-electron chi connectivity index (χ2n) is 8.34. The van der Waals surface area contributed by atoms with Crippen LogP contribution in [0.4, 0.5) is 5.69 Å². The predicted molar refractivity (Wildman–Crippen MR) is 135 cm³/mol. The van der Waals surface area contributed by atoms with E-state index < -0.39 is 10.0 Å². The molecule has 1 aliphatic rings. The van der Waals surface area contributed by atoms with E-state index in [0.717, 1.165) is 18.7 Å². The van der Waals surface area contributed by atoms with Crippen LogP contribution in [-0.4, -0.2) is 52.1 Å². The second kappa shape index (κ2) is 10.7. The molecule has 9 heteroatoms. The van der Waals surface area contributed by atoms with E-state index in [9.17, 15) is 13.2 Å². The number of carbonyl (C=O) groups excluding carboxylic acids is 1. The van der Waals surface area contributed by atoms with E-state index in [2.05, 4.69) is 21.0 Å². The number of sulfonamides is 1. The Hall–Kier alpha value is -2.72. The quantitative estimate of drug-likeness (QED) is 0.490. The summed E-state index contributed by atoms with van der Waals surface area (Å²) in [7, 11) is -3.85. The molecule has 3 aromatic rings. The molecule has 7 nitrogen and oxygen atoms in total. The number of benzene rings is 2. The molecule has 1 saturated heterocycles. The van der Waals surface area contributed by atoms with Gasteiger partial charge in [-0.1, -0.05) is 24.3 Å². The zero-order chi connectivity index (χ0) is 24.1.